The van der Waals surface area contributed by atoms with Crippen molar-refractivity contribution in [3.05, 3.63) is 29.8 Å². The van der Waals surface area contributed by atoms with Gasteiger partial charge in [0, 0.05) is 20.6 Å². The van der Waals surface area contributed by atoms with Gasteiger partial charge in [0.05, 0.1) is 13.7 Å². The lowest BCUT2D eigenvalue weighted by atomic mass is 10.2. The summed E-state index contributed by atoms with van der Waals surface area (Å²) < 4.78 is 10.6. The number of likely N-dealkylation sites (tertiary alicyclic amines) is 1. The van der Waals surface area contributed by atoms with Gasteiger partial charge in [-0.25, -0.2) is 0 Å². The van der Waals surface area contributed by atoms with E-state index in [1.54, 1.807) is 26.1 Å². The van der Waals surface area contributed by atoms with Crippen molar-refractivity contribution in [2.75, 3.05) is 34.4 Å². The van der Waals surface area contributed by atoms with Crippen molar-refractivity contribution in [3.63, 3.8) is 0 Å². The molecule has 1 atom stereocenters. The highest BCUT2D eigenvalue weighted by Gasteiger charge is 2.34. The van der Waals surface area contributed by atoms with Crippen LogP contribution in [-0.4, -0.2) is 62.0 Å². The maximum atomic E-state index is 12.3. The first-order valence-corrected chi connectivity index (χ1v) is 7.74. The van der Waals surface area contributed by atoms with E-state index in [-0.39, 0.29) is 24.5 Å². The fraction of sp³-hybridized carbons (Fsp3) is 0.529. The van der Waals surface area contributed by atoms with Crippen molar-refractivity contribution >= 4 is 11.8 Å². The van der Waals surface area contributed by atoms with Crippen molar-refractivity contribution in [1.82, 2.24) is 9.80 Å². The van der Waals surface area contributed by atoms with Gasteiger partial charge in [0.2, 0.25) is 11.8 Å². The summed E-state index contributed by atoms with van der Waals surface area (Å²) in [5, 5.41) is 0. The molecule has 1 fully saturated rings. The van der Waals surface area contributed by atoms with Gasteiger partial charge < -0.3 is 19.3 Å². The number of hydrogen-bond donors (Lipinski definition) is 0. The first-order valence-electron chi connectivity index (χ1n) is 7.74. The Hall–Kier alpha value is -2.08. The van der Waals surface area contributed by atoms with Crippen LogP contribution >= 0.6 is 0 Å². The molecule has 2 amide bonds. The Kier molecular flexibility index (Phi) is 5.98. The topological polar surface area (TPSA) is 59.1 Å². The summed E-state index contributed by atoms with van der Waals surface area (Å²) in [5.41, 5.74) is 0.973. The van der Waals surface area contributed by atoms with E-state index in [4.69, 9.17) is 9.47 Å². The molecule has 6 nitrogen and oxygen atoms in total. The minimum Gasteiger partial charge on any atom is -0.497 e. The molecule has 1 unspecified atom stereocenters. The lowest BCUT2D eigenvalue weighted by Gasteiger charge is -2.26. The Morgan fingerprint density at radius 3 is 2.57 bits per heavy atom. The van der Waals surface area contributed by atoms with E-state index in [9.17, 15) is 9.59 Å². The van der Waals surface area contributed by atoms with Crippen molar-refractivity contribution in [2.45, 2.75) is 25.5 Å². The average Bonchev–Trinajstić information content (AvgIpc) is 3.04. The Labute approximate surface area is 137 Å². The lowest BCUT2D eigenvalue weighted by Crippen LogP contribution is -2.46. The first-order chi connectivity index (χ1) is 11.0. The maximum absolute atomic E-state index is 12.3. The number of ether oxygens (including phenoxy) is 2. The molecule has 0 N–H and O–H groups in total. The zero-order valence-electron chi connectivity index (χ0n) is 13.9. The van der Waals surface area contributed by atoms with Crippen molar-refractivity contribution in [3.8, 4) is 5.75 Å². The number of amides is 2. The molecular formula is C17H24N2O4. The zero-order valence-corrected chi connectivity index (χ0v) is 13.9. The van der Waals surface area contributed by atoms with Crippen LogP contribution in [0.5, 0.6) is 5.75 Å². The van der Waals surface area contributed by atoms with Crippen LogP contribution in [0.1, 0.15) is 18.4 Å². The zero-order chi connectivity index (χ0) is 16.8. The van der Waals surface area contributed by atoms with Gasteiger partial charge in [-0.1, -0.05) is 12.1 Å². The van der Waals surface area contributed by atoms with Crippen LogP contribution in [0.15, 0.2) is 24.3 Å². The largest absolute Gasteiger partial charge is 0.497 e. The van der Waals surface area contributed by atoms with Crippen molar-refractivity contribution in [1.29, 1.82) is 0 Å². The molecule has 1 aliphatic heterocycles. The third-order valence-corrected chi connectivity index (χ3v) is 3.95. The van der Waals surface area contributed by atoms with E-state index >= 15 is 0 Å². The molecule has 0 radical (unpaired) electrons. The molecule has 1 aliphatic rings. The van der Waals surface area contributed by atoms with E-state index in [0.717, 1.165) is 24.2 Å². The third kappa shape index (κ3) is 4.45. The van der Waals surface area contributed by atoms with E-state index in [2.05, 4.69) is 0 Å². The molecule has 1 heterocycles. The lowest BCUT2D eigenvalue weighted by molar-refractivity contribution is -0.145. The number of benzene rings is 1. The number of nitrogens with zero attached hydrogens (tertiary/aromatic N) is 2. The predicted molar refractivity (Wildman–Crippen MR) is 86.1 cm³/mol. The van der Waals surface area contributed by atoms with Gasteiger partial charge in [-0.2, -0.15) is 0 Å². The summed E-state index contributed by atoms with van der Waals surface area (Å²) in [6, 6.07) is 7.16. The second kappa shape index (κ2) is 7.97. The summed E-state index contributed by atoms with van der Waals surface area (Å²) in [5.74, 6) is 0.633. The number of hydrogen-bond acceptors (Lipinski definition) is 4. The molecule has 0 saturated carbocycles. The number of carbonyl (C=O) groups is 2. The van der Waals surface area contributed by atoms with Gasteiger partial charge in [0.25, 0.3) is 0 Å². The normalized spacial score (nSPS) is 17.2. The fourth-order valence-corrected chi connectivity index (χ4v) is 2.68. The molecule has 1 aromatic rings. The molecule has 1 saturated heterocycles. The molecular weight excluding hydrogens is 296 g/mol. The summed E-state index contributed by atoms with van der Waals surface area (Å²) in [6.07, 6.45) is 1.58. The molecule has 0 aliphatic carbocycles. The van der Waals surface area contributed by atoms with Gasteiger partial charge in [-0.05, 0) is 30.5 Å². The number of carbonyl (C=O) groups excluding carboxylic acids is 2. The molecule has 23 heavy (non-hydrogen) atoms. The van der Waals surface area contributed by atoms with Gasteiger partial charge in [-0.3, -0.25) is 9.59 Å². The summed E-state index contributed by atoms with van der Waals surface area (Å²) in [4.78, 5) is 27.6. The van der Waals surface area contributed by atoms with E-state index in [1.165, 1.54) is 4.90 Å². The Bertz CT molecular complexity index is 542. The van der Waals surface area contributed by atoms with Gasteiger partial charge in [0.1, 0.15) is 18.4 Å². The Morgan fingerprint density at radius 1 is 1.26 bits per heavy atom. The van der Waals surface area contributed by atoms with E-state index in [0.29, 0.717) is 13.2 Å². The fourth-order valence-electron chi connectivity index (χ4n) is 2.68. The predicted octanol–water partition coefficient (Wildman–Crippen LogP) is 1.29. The van der Waals surface area contributed by atoms with Gasteiger partial charge in [0.15, 0.2) is 0 Å². The summed E-state index contributed by atoms with van der Waals surface area (Å²) in [7, 11) is 5.04. The molecule has 6 heteroatoms. The van der Waals surface area contributed by atoms with Crippen LogP contribution in [0, 0.1) is 0 Å². The Balaban J connectivity index is 1.82. The molecule has 126 valence electrons. The smallest absolute Gasteiger partial charge is 0.249 e. The van der Waals surface area contributed by atoms with E-state index < -0.39 is 0 Å². The monoisotopic (exact) mass is 320 g/mol. The quantitative estimate of drug-likeness (QED) is 0.792. The number of rotatable bonds is 6. The summed E-state index contributed by atoms with van der Waals surface area (Å²) >= 11 is 0. The van der Waals surface area contributed by atoms with Crippen LogP contribution in [0.2, 0.25) is 0 Å². The minimum absolute atomic E-state index is 0.0107. The SMILES string of the molecule is COc1ccc(COCC(=O)N2CCCC2C(=O)N(C)C)cc1. The highest BCUT2D eigenvalue weighted by Crippen LogP contribution is 2.19. The maximum Gasteiger partial charge on any atom is 0.249 e. The number of likely N-dealkylation sites (N-methyl/N-ethyl adjacent to an activating group) is 1. The van der Waals surface area contributed by atoms with Crippen molar-refractivity contribution in [2.24, 2.45) is 0 Å². The molecule has 0 aromatic heterocycles. The second-order valence-corrected chi connectivity index (χ2v) is 5.82. The summed E-state index contributed by atoms with van der Waals surface area (Å²) in [6.45, 7) is 0.966. The van der Waals surface area contributed by atoms with Crippen molar-refractivity contribution < 1.29 is 19.1 Å². The van der Waals surface area contributed by atoms with Crippen LogP contribution in [0.25, 0.3) is 0 Å². The van der Waals surface area contributed by atoms with Gasteiger partial charge in [-0.15, -0.1) is 0 Å². The highest BCUT2D eigenvalue weighted by atomic mass is 16.5. The third-order valence-electron chi connectivity index (χ3n) is 3.95. The van der Waals surface area contributed by atoms with E-state index in [1.807, 2.05) is 24.3 Å². The van der Waals surface area contributed by atoms with Crippen LogP contribution in [0.4, 0.5) is 0 Å². The Morgan fingerprint density at radius 2 is 1.96 bits per heavy atom. The average molecular weight is 320 g/mol. The second-order valence-electron chi connectivity index (χ2n) is 5.82. The first kappa shape index (κ1) is 17.3. The standard InChI is InChI=1S/C17H24N2O4/c1-18(2)17(21)15-5-4-10-19(15)16(20)12-23-11-13-6-8-14(22-3)9-7-13/h6-9,15H,4-5,10-12H2,1-3H3. The molecule has 0 spiro atoms. The van der Waals surface area contributed by atoms with Crippen LogP contribution in [-0.2, 0) is 20.9 Å². The molecule has 2 rings (SSSR count). The van der Waals surface area contributed by atoms with Crippen LogP contribution < -0.4 is 4.74 Å². The molecule has 1 aromatic carbocycles. The minimum atomic E-state index is -0.345. The highest BCUT2D eigenvalue weighted by molar-refractivity contribution is 5.88. The number of methoxy groups -OCH3 is 1. The molecule has 0 bridgehead atoms. The van der Waals surface area contributed by atoms with Gasteiger partial charge >= 0.3 is 0 Å². The van der Waals surface area contributed by atoms with Crippen LogP contribution in [0.3, 0.4) is 0 Å².